The highest BCUT2D eigenvalue weighted by Gasteiger charge is 2.41. The predicted molar refractivity (Wildman–Crippen MR) is 160 cm³/mol. The van der Waals surface area contributed by atoms with Crippen molar-refractivity contribution in [2.24, 2.45) is 16.8 Å². The Kier molecular flexibility index (Phi) is 11.2. The molecule has 0 aromatic heterocycles. The Morgan fingerprint density at radius 3 is 2.20 bits per heavy atom. The molecule has 0 saturated heterocycles. The van der Waals surface area contributed by atoms with Crippen molar-refractivity contribution in [2.45, 2.75) is 71.4 Å². The van der Waals surface area contributed by atoms with Gasteiger partial charge in [0.2, 0.25) is 6.41 Å². The third-order valence-corrected chi connectivity index (χ3v) is 8.37. The maximum absolute atomic E-state index is 12.6. The normalized spacial score (nSPS) is 20.2. The second-order valence-corrected chi connectivity index (χ2v) is 12.0. The Morgan fingerprint density at radius 1 is 1.07 bits per heavy atom. The fourth-order valence-corrected chi connectivity index (χ4v) is 5.96. The molecule has 0 radical (unpaired) electrons. The first kappa shape index (κ1) is 31.6. The zero-order valence-electron chi connectivity index (χ0n) is 23.6. The molecule has 216 valence electrons. The van der Waals surface area contributed by atoms with E-state index in [1.54, 1.807) is 18.2 Å². The first-order valence-electron chi connectivity index (χ1n) is 13.8. The first-order valence-corrected chi connectivity index (χ1v) is 14.5. The summed E-state index contributed by atoms with van der Waals surface area (Å²) in [5, 5.41) is 12.5. The fraction of sp³-hybridized carbons (Fsp3) is 0.484. The minimum atomic E-state index is -0.962. The number of aliphatic imine (C=N–C) groups is 1. The van der Waals surface area contributed by atoms with Gasteiger partial charge in [0.1, 0.15) is 5.66 Å². The number of nitrogens with zero attached hydrogens (tertiary/aromatic N) is 2. The summed E-state index contributed by atoms with van der Waals surface area (Å²) in [5.41, 5.74) is 2.38. The average molecular weight is 589 g/mol. The molecule has 0 aliphatic heterocycles. The lowest BCUT2D eigenvalue weighted by molar-refractivity contribution is -0.136. The van der Waals surface area contributed by atoms with Gasteiger partial charge in [0.15, 0.2) is 0 Å². The standard InChI is InChI=1S/C31H39Cl2N3O4/c1-20(2)23-9-12-31(13-10-23,35-22(4)26-15-27(32)17-28(33)16-26)36(19-37)18-21(3)24-5-7-25(8-6-24)30(40)34-14-11-29(38)39/h5-8,15-17,19-21,23H,9-14,18H2,1-4H3,(H,34,40)(H,38,39)/b35-22+. The Balaban J connectivity index is 1.83. The molecule has 0 bridgehead atoms. The van der Waals surface area contributed by atoms with Crippen molar-refractivity contribution < 1.29 is 19.5 Å². The number of rotatable bonds is 12. The highest BCUT2D eigenvalue weighted by molar-refractivity contribution is 6.35. The number of nitrogens with one attached hydrogen (secondary N) is 1. The Labute approximate surface area is 247 Å². The molecular formula is C31H39Cl2N3O4. The molecule has 1 unspecified atom stereocenters. The lowest BCUT2D eigenvalue weighted by Crippen LogP contribution is -2.51. The molecule has 1 aliphatic carbocycles. The lowest BCUT2D eigenvalue weighted by atomic mass is 9.76. The average Bonchev–Trinajstić information content (AvgIpc) is 2.91. The van der Waals surface area contributed by atoms with Gasteiger partial charge >= 0.3 is 5.97 Å². The largest absolute Gasteiger partial charge is 0.481 e. The van der Waals surface area contributed by atoms with Crippen molar-refractivity contribution >= 4 is 47.2 Å². The minimum absolute atomic E-state index is 0.00913. The second kappa shape index (κ2) is 14.1. The third-order valence-electron chi connectivity index (χ3n) is 7.93. The monoisotopic (exact) mass is 587 g/mol. The SMILES string of the molecule is C/C(=N\C1(N(C=O)CC(C)c2ccc(C(=O)NCCC(=O)O)cc2)CCC(C(C)C)CC1)c1cc(Cl)cc(Cl)c1. The maximum Gasteiger partial charge on any atom is 0.305 e. The molecular weight excluding hydrogens is 549 g/mol. The first-order chi connectivity index (χ1) is 18.9. The predicted octanol–water partition coefficient (Wildman–Crippen LogP) is 6.81. The van der Waals surface area contributed by atoms with Crippen molar-refractivity contribution in [3.05, 3.63) is 69.2 Å². The van der Waals surface area contributed by atoms with E-state index in [1.807, 2.05) is 36.1 Å². The fourth-order valence-electron chi connectivity index (χ4n) is 5.43. The van der Waals surface area contributed by atoms with Crippen molar-refractivity contribution in [1.82, 2.24) is 10.2 Å². The number of halogens is 2. The van der Waals surface area contributed by atoms with Crippen molar-refractivity contribution in [1.29, 1.82) is 0 Å². The zero-order chi connectivity index (χ0) is 29.4. The van der Waals surface area contributed by atoms with Gasteiger partial charge in [-0.15, -0.1) is 0 Å². The van der Waals surface area contributed by atoms with Crippen LogP contribution in [0.5, 0.6) is 0 Å². The molecule has 2 aromatic carbocycles. The van der Waals surface area contributed by atoms with E-state index in [4.69, 9.17) is 33.3 Å². The molecule has 0 heterocycles. The van der Waals surface area contributed by atoms with Gasteiger partial charge in [-0.1, -0.05) is 56.1 Å². The number of carbonyl (C=O) groups is 3. The highest BCUT2D eigenvalue weighted by atomic mass is 35.5. The lowest BCUT2D eigenvalue weighted by Gasteiger charge is -2.45. The topological polar surface area (TPSA) is 99.1 Å². The van der Waals surface area contributed by atoms with Crippen LogP contribution >= 0.6 is 23.2 Å². The molecule has 7 nitrogen and oxygen atoms in total. The molecule has 0 spiro atoms. The molecule has 1 atom stereocenters. The van der Waals surface area contributed by atoms with Crippen molar-refractivity contribution in [3.63, 3.8) is 0 Å². The van der Waals surface area contributed by atoms with Crippen LogP contribution in [-0.4, -0.2) is 52.8 Å². The van der Waals surface area contributed by atoms with Crippen LogP contribution in [0.3, 0.4) is 0 Å². The molecule has 1 fully saturated rings. The van der Waals surface area contributed by atoms with Crippen LogP contribution < -0.4 is 5.32 Å². The molecule has 1 aliphatic rings. The number of hydrogen-bond donors (Lipinski definition) is 2. The van der Waals surface area contributed by atoms with E-state index in [0.717, 1.165) is 48.9 Å². The van der Waals surface area contributed by atoms with Crippen LogP contribution in [-0.2, 0) is 9.59 Å². The molecule has 3 rings (SSSR count). The summed E-state index contributed by atoms with van der Waals surface area (Å²) in [5.74, 6) is -0.134. The van der Waals surface area contributed by atoms with Crippen LogP contribution in [0.1, 0.15) is 87.2 Å². The Hall–Kier alpha value is -2.90. The van der Waals surface area contributed by atoms with Crippen molar-refractivity contribution in [2.75, 3.05) is 13.1 Å². The van der Waals surface area contributed by atoms with Gasteiger partial charge in [-0.2, -0.15) is 0 Å². The van der Waals surface area contributed by atoms with Crippen LogP contribution in [0.2, 0.25) is 10.0 Å². The van der Waals surface area contributed by atoms with Gasteiger partial charge in [0, 0.05) is 34.4 Å². The van der Waals surface area contributed by atoms with Crippen LogP contribution in [0.15, 0.2) is 47.5 Å². The summed E-state index contributed by atoms with van der Waals surface area (Å²) < 4.78 is 0. The van der Waals surface area contributed by atoms with E-state index < -0.39 is 11.6 Å². The zero-order valence-corrected chi connectivity index (χ0v) is 25.1. The molecule has 1 saturated carbocycles. The number of carboxylic acid groups (broad SMARTS) is 1. The smallest absolute Gasteiger partial charge is 0.305 e. The van der Waals surface area contributed by atoms with E-state index in [1.165, 1.54) is 0 Å². The summed E-state index contributed by atoms with van der Waals surface area (Å²) in [7, 11) is 0. The van der Waals surface area contributed by atoms with E-state index in [9.17, 15) is 14.4 Å². The molecule has 2 amide bonds. The number of benzene rings is 2. The third kappa shape index (κ3) is 8.31. The van der Waals surface area contributed by atoms with E-state index in [0.29, 0.717) is 34.0 Å². The van der Waals surface area contributed by atoms with Gasteiger partial charge in [0.05, 0.1) is 6.42 Å². The molecule has 2 N–H and O–H groups in total. The van der Waals surface area contributed by atoms with Crippen LogP contribution in [0, 0.1) is 11.8 Å². The Morgan fingerprint density at radius 2 is 1.68 bits per heavy atom. The Bertz CT molecular complexity index is 1200. The summed E-state index contributed by atoms with van der Waals surface area (Å²) in [6.07, 6.45) is 4.28. The van der Waals surface area contributed by atoms with Crippen LogP contribution in [0.4, 0.5) is 0 Å². The number of hydrogen-bond acceptors (Lipinski definition) is 4. The maximum atomic E-state index is 12.6. The van der Waals surface area contributed by atoms with Gasteiger partial charge in [0.25, 0.3) is 5.91 Å². The summed E-state index contributed by atoms with van der Waals surface area (Å²) in [6, 6.07) is 12.6. The van der Waals surface area contributed by atoms with Crippen LogP contribution in [0.25, 0.3) is 0 Å². The van der Waals surface area contributed by atoms with Gasteiger partial charge in [-0.3, -0.25) is 19.4 Å². The summed E-state index contributed by atoms with van der Waals surface area (Å²) >= 11 is 12.5. The van der Waals surface area contributed by atoms with Gasteiger partial charge in [-0.05, 0) is 91.8 Å². The molecule has 40 heavy (non-hydrogen) atoms. The second-order valence-electron chi connectivity index (χ2n) is 11.1. The number of aliphatic carboxylic acids is 1. The quantitative estimate of drug-likeness (QED) is 0.210. The summed E-state index contributed by atoms with van der Waals surface area (Å²) in [4.78, 5) is 42.7. The molecule has 9 heteroatoms. The molecule has 2 aromatic rings. The number of amides is 2. The number of carboxylic acids is 1. The van der Waals surface area contributed by atoms with E-state index in [2.05, 4.69) is 26.1 Å². The number of carbonyl (C=O) groups excluding carboxylic acids is 2. The van der Waals surface area contributed by atoms with Gasteiger partial charge in [-0.25, -0.2) is 0 Å². The summed E-state index contributed by atoms with van der Waals surface area (Å²) in [6.45, 7) is 9.02. The van der Waals surface area contributed by atoms with E-state index >= 15 is 0 Å². The van der Waals surface area contributed by atoms with Gasteiger partial charge < -0.3 is 15.3 Å². The van der Waals surface area contributed by atoms with E-state index in [-0.39, 0.29) is 24.8 Å². The van der Waals surface area contributed by atoms with Crippen molar-refractivity contribution in [3.8, 4) is 0 Å². The minimum Gasteiger partial charge on any atom is -0.481 e. The highest BCUT2D eigenvalue weighted by Crippen LogP contribution is 2.41.